The zero-order valence-corrected chi connectivity index (χ0v) is 11.4. The average Bonchev–Trinajstić information content (AvgIpc) is 2.80. The number of sulfone groups is 1. The van der Waals surface area contributed by atoms with Crippen LogP contribution in [0.15, 0.2) is 47.4 Å². The van der Waals surface area contributed by atoms with Crippen LogP contribution in [0.5, 0.6) is 0 Å². The predicted octanol–water partition coefficient (Wildman–Crippen LogP) is 2.77. The maximum atomic E-state index is 13.7. The highest BCUT2D eigenvalue weighted by Crippen LogP contribution is 2.24. The fraction of sp³-hybridized carbons (Fsp3) is 0.0714. The van der Waals surface area contributed by atoms with Gasteiger partial charge in [0.1, 0.15) is 11.6 Å². The zero-order chi connectivity index (χ0) is 14.3. The molecule has 0 aliphatic rings. The summed E-state index contributed by atoms with van der Waals surface area (Å²) in [6, 6.07) is 10.9. The van der Waals surface area contributed by atoms with Gasteiger partial charge in [0, 0.05) is 6.26 Å². The van der Waals surface area contributed by atoms with Crippen molar-refractivity contribution in [2.24, 2.45) is 0 Å². The number of nitrogens with one attached hydrogen (secondary N) is 1. The van der Waals surface area contributed by atoms with Crippen LogP contribution in [0.3, 0.4) is 0 Å². The quantitative estimate of drug-likeness (QED) is 0.789. The number of aromatic amines is 1. The van der Waals surface area contributed by atoms with Crippen molar-refractivity contribution in [3.63, 3.8) is 0 Å². The summed E-state index contributed by atoms with van der Waals surface area (Å²) in [6.07, 6.45) is 1.14. The summed E-state index contributed by atoms with van der Waals surface area (Å²) in [5.41, 5.74) is 1.51. The Morgan fingerprint density at radius 3 is 2.60 bits per heavy atom. The second kappa shape index (κ2) is 4.42. The third-order valence-corrected chi connectivity index (χ3v) is 4.12. The second-order valence-corrected chi connectivity index (χ2v) is 6.53. The summed E-state index contributed by atoms with van der Waals surface area (Å²) >= 11 is 0. The molecule has 0 fully saturated rings. The van der Waals surface area contributed by atoms with Crippen molar-refractivity contribution in [2.75, 3.05) is 6.26 Å². The van der Waals surface area contributed by atoms with Gasteiger partial charge in [-0.1, -0.05) is 12.1 Å². The summed E-state index contributed by atoms with van der Waals surface area (Å²) in [6.45, 7) is 0. The van der Waals surface area contributed by atoms with Crippen molar-refractivity contribution in [3.8, 4) is 11.4 Å². The molecule has 0 amide bonds. The van der Waals surface area contributed by atoms with Gasteiger partial charge in [0.25, 0.3) is 0 Å². The summed E-state index contributed by atoms with van der Waals surface area (Å²) in [7, 11) is -3.28. The van der Waals surface area contributed by atoms with Crippen molar-refractivity contribution in [1.29, 1.82) is 0 Å². The Labute approximate surface area is 115 Å². The monoisotopic (exact) mass is 290 g/mol. The van der Waals surface area contributed by atoms with Gasteiger partial charge in [-0.05, 0) is 30.3 Å². The molecule has 102 valence electrons. The third kappa shape index (κ3) is 2.18. The van der Waals surface area contributed by atoms with Crippen LogP contribution in [-0.4, -0.2) is 24.6 Å². The van der Waals surface area contributed by atoms with Crippen LogP contribution in [0.1, 0.15) is 0 Å². The Hall–Kier alpha value is -2.21. The van der Waals surface area contributed by atoms with Gasteiger partial charge >= 0.3 is 0 Å². The van der Waals surface area contributed by atoms with Crippen LogP contribution < -0.4 is 0 Å². The van der Waals surface area contributed by atoms with E-state index in [1.54, 1.807) is 24.3 Å². The van der Waals surface area contributed by atoms with E-state index in [1.807, 2.05) is 0 Å². The highest BCUT2D eigenvalue weighted by molar-refractivity contribution is 7.90. The summed E-state index contributed by atoms with van der Waals surface area (Å²) < 4.78 is 36.7. The van der Waals surface area contributed by atoms with E-state index < -0.39 is 9.84 Å². The van der Waals surface area contributed by atoms with Crippen molar-refractivity contribution in [3.05, 3.63) is 48.3 Å². The Morgan fingerprint density at radius 2 is 1.90 bits per heavy atom. The van der Waals surface area contributed by atoms with Crippen LogP contribution in [0.4, 0.5) is 4.39 Å². The Morgan fingerprint density at radius 1 is 1.15 bits per heavy atom. The molecule has 1 heterocycles. The van der Waals surface area contributed by atoms with E-state index in [-0.39, 0.29) is 10.7 Å². The van der Waals surface area contributed by atoms with Crippen molar-refractivity contribution in [2.45, 2.75) is 4.90 Å². The number of fused-ring (bicyclic) bond motifs is 1. The van der Waals surface area contributed by atoms with E-state index in [0.717, 1.165) is 6.26 Å². The number of nitrogens with zero attached hydrogens (tertiary/aromatic N) is 1. The van der Waals surface area contributed by atoms with Crippen LogP contribution >= 0.6 is 0 Å². The average molecular weight is 290 g/mol. The first kappa shape index (κ1) is 12.8. The van der Waals surface area contributed by atoms with Crippen LogP contribution in [0, 0.1) is 5.82 Å². The lowest BCUT2D eigenvalue weighted by Crippen LogP contribution is -1.96. The van der Waals surface area contributed by atoms with Crippen molar-refractivity contribution >= 4 is 20.9 Å². The molecule has 0 atom stereocenters. The molecule has 20 heavy (non-hydrogen) atoms. The highest BCUT2D eigenvalue weighted by Gasteiger charge is 2.12. The van der Waals surface area contributed by atoms with Gasteiger partial charge < -0.3 is 4.98 Å². The van der Waals surface area contributed by atoms with Crippen molar-refractivity contribution in [1.82, 2.24) is 9.97 Å². The normalized spacial score (nSPS) is 11.9. The molecular weight excluding hydrogens is 279 g/mol. The van der Waals surface area contributed by atoms with E-state index in [0.29, 0.717) is 22.4 Å². The molecule has 0 radical (unpaired) electrons. The number of H-pyrrole nitrogens is 1. The number of aromatic nitrogens is 2. The molecule has 0 saturated heterocycles. The van der Waals surface area contributed by atoms with E-state index >= 15 is 0 Å². The first-order valence-electron chi connectivity index (χ1n) is 5.90. The van der Waals surface area contributed by atoms with E-state index in [2.05, 4.69) is 9.97 Å². The predicted molar refractivity (Wildman–Crippen MR) is 74.6 cm³/mol. The fourth-order valence-electron chi connectivity index (χ4n) is 2.00. The molecule has 2 aromatic carbocycles. The fourth-order valence-corrected chi connectivity index (χ4v) is 2.65. The number of hydrogen-bond acceptors (Lipinski definition) is 3. The molecule has 3 rings (SSSR count). The summed E-state index contributed by atoms with van der Waals surface area (Å²) in [4.78, 5) is 7.43. The molecule has 4 nitrogen and oxygen atoms in total. The van der Waals surface area contributed by atoms with Gasteiger partial charge in [-0.15, -0.1) is 0 Å². The van der Waals surface area contributed by atoms with Crippen LogP contribution in [0.2, 0.25) is 0 Å². The maximum absolute atomic E-state index is 13.7. The van der Waals surface area contributed by atoms with Crippen LogP contribution in [-0.2, 0) is 9.84 Å². The lowest BCUT2D eigenvalue weighted by Gasteiger charge is -1.97. The molecule has 3 aromatic rings. The summed E-state index contributed by atoms with van der Waals surface area (Å²) in [5, 5.41) is 0. The Bertz CT molecular complexity index is 900. The SMILES string of the molecule is CS(=O)(=O)c1ccc2nc(-c3ccccc3F)[nH]c2c1. The highest BCUT2D eigenvalue weighted by atomic mass is 32.2. The summed E-state index contributed by atoms with van der Waals surface area (Å²) in [5.74, 6) is -0.00126. The first-order chi connectivity index (χ1) is 9.45. The van der Waals surface area contributed by atoms with Gasteiger partial charge in [-0.25, -0.2) is 17.8 Å². The van der Waals surface area contributed by atoms with Gasteiger partial charge in [-0.3, -0.25) is 0 Å². The van der Waals surface area contributed by atoms with E-state index in [1.165, 1.54) is 18.2 Å². The maximum Gasteiger partial charge on any atom is 0.175 e. The van der Waals surface area contributed by atoms with E-state index in [9.17, 15) is 12.8 Å². The van der Waals surface area contributed by atoms with Crippen molar-refractivity contribution < 1.29 is 12.8 Å². The van der Waals surface area contributed by atoms with Gasteiger partial charge in [-0.2, -0.15) is 0 Å². The topological polar surface area (TPSA) is 62.8 Å². The molecule has 1 aromatic heterocycles. The largest absolute Gasteiger partial charge is 0.338 e. The molecule has 0 spiro atoms. The Balaban J connectivity index is 2.19. The number of hydrogen-bond donors (Lipinski definition) is 1. The number of imidazole rings is 1. The zero-order valence-electron chi connectivity index (χ0n) is 10.6. The first-order valence-corrected chi connectivity index (χ1v) is 7.79. The molecule has 1 N–H and O–H groups in total. The molecule has 0 bridgehead atoms. The van der Waals surface area contributed by atoms with Gasteiger partial charge in [0.05, 0.1) is 21.5 Å². The van der Waals surface area contributed by atoms with Gasteiger partial charge in [0.15, 0.2) is 9.84 Å². The molecule has 0 unspecified atom stereocenters. The second-order valence-electron chi connectivity index (χ2n) is 4.52. The van der Waals surface area contributed by atoms with E-state index in [4.69, 9.17) is 0 Å². The van der Waals surface area contributed by atoms with Gasteiger partial charge in [0.2, 0.25) is 0 Å². The smallest absolute Gasteiger partial charge is 0.175 e. The minimum atomic E-state index is -3.28. The minimum absolute atomic E-state index is 0.203. The molecule has 0 aliphatic carbocycles. The minimum Gasteiger partial charge on any atom is -0.338 e. The molecule has 6 heteroatoms. The molecule has 0 saturated carbocycles. The number of benzene rings is 2. The standard InChI is InChI=1S/C14H11FN2O2S/c1-20(18,19)9-6-7-12-13(8-9)17-14(16-12)10-4-2-3-5-11(10)15/h2-8H,1H3,(H,16,17). The molecular formula is C14H11FN2O2S. The third-order valence-electron chi connectivity index (χ3n) is 3.01. The van der Waals surface area contributed by atoms with Crippen LogP contribution in [0.25, 0.3) is 22.4 Å². The Kier molecular flexibility index (Phi) is 2.83. The lowest BCUT2D eigenvalue weighted by molar-refractivity contribution is 0.602. The lowest BCUT2D eigenvalue weighted by atomic mass is 10.2. The number of rotatable bonds is 2. The number of halogens is 1. The molecule has 0 aliphatic heterocycles.